The molecule has 0 spiro atoms. The molecule has 1 aromatic heterocycles. The molecule has 2 atom stereocenters. The van der Waals surface area contributed by atoms with E-state index in [0.29, 0.717) is 11.1 Å². The van der Waals surface area contributed by atoms with Gasteiger partial charge < -0.3 is 14.6 Å². The number of aliphatic hydroxyl groups excluding tert-OH is 2. The molecule has 0 aliphatic heterocycles. The lowest BCUT2D eigenvalue weighted by Gasteiger charge is -2.26. The first-order chi connectivity index (χ1) is 11.7. The molecule has 2 aromatic carbocycles. The molecule has 3 aromatic rings. The SMILES string of the molecule is O=C(c1ccco1)C([C@@H](O)c1ccccc1)[C@@H](O)c1ccccc1. The summed E-state index contributed by atoms with van der Waals surface area (Å²) >= 11 is 0. The third kappa shape index (κ3) is 3.30. The molecule has 0 saturated heterocycles. The monoisotopic (exact) mass is 322 g/mol. The summed E-state index contributed by atoms with van der Waals surface area (Å²) in [6, 6.07) is 20.8. The Labute approximate surface area is 140 Å². The van der Waals surface area contributed by atoms with Gasteiger partial charge in [-0.1, -0.05) is 60.7 Å². The predicted molar refractivity (Wildman–Crippen MR) is 89.3 cm³/mol. The number of benzene rings is 2. The van der Waals surface area contributed by atoms with Crippen LogP contribution in [-0.4, -0.2) is 16.0 Å². The van der Waals surface area contributed by atoms with Gasteiger partial charge in [0.25, 0.3) is 0 Å². The maximum atomic E-state index is 12.8. The Morgan fingerprint density at radius 1 is 0.750 bits per heavy atom. The molecule has 24 heavy (non-hydrogen) atoms. The Balaban J connectivity index is 1.99. The molecule has 4 heteroatoms. The van der Waals surface area contributed by atoms with Gasteiger partial charge in [-0.3, -0.25) is 4.79 Å². The van der Waals surface area contributed by atoms with Crippen LogP contribution in [0.2, 0.25) is 0 Å². The highest BCUT2D eigenvalue weighted by atomic mass is 16.3. The third-order valence-electron chi connectivity index (χ3n) is 4.03. The minimum atomic E-state index is -1.15. The number of hydrogen-bond donors (Lipinski definition) is 2. The summed E-state index contributed by atoms with van der Waals surface area (Å²) < 4.78 is 5.18. The van der Waals surface area contributed by atoms with E-state index in [1.54, 1.807) is 54.6 Å². The molecule has 3 rings (SSSR count). The van der Waals surface area contributed by atoms with Crippen LogP contribution < -0.4 is 0 Å². The van der Waals surface area contributed by atoms with Crippen molar-refractivity contribution >= 4 is 5.78 Å². The number of furan rings is 1. The van der Waals surface area contributed by atoms with Crippen LogP contribution in [0.25, 0.3) is 0 Å². The van der Waals surface area contributed by atoms with E-state index in [9.17, 15) is 15.0 Å². The normalized spacial score (nSPS) is 13.6. The largest absolute Gasteiger partial charge is 0.461 e. The summed E-state index contributed by atoms with van der Waals surface area (Å²) in [6.45, 7) is 0. The fourth-order valence-corrected chi connectivity index (χ4v) is 2.76. The van der Waals surface area contributed by atoms with Crippen LogP contribution in [-0.2, 0) is 0 Å². The lowest BCUT2D eigenvalue weighted by Crippen LogP contribution is -2.28. The fourth-order valence-electron chi connectivity index (χ4n) is 2.76. The zero-order chi connectivity index (χ0) is 16.9. The second-order valence-electron chi connectivity index (χ2n) is 5.58. The van der Waals surface area contributed by atoms with Crippen molar-refractivity contribution in [2.75, 3.05) is 0 Å². The first-order valence-corrected chi connectivity index (χ1v) is 7.72. The van der Waals surface area contributed by atoms with Crippen molar-refractivity contribution in [3.8, 4) is 0 Å². The summed E-state index contributed by atoms with van der Waals surface area (Å²) in [5, 5.41) is 21.5. The van der Waals surface area contributed by atoms with Gasteiger partial charge in [-0.2, -0.15) is 0 Å². The van der Waals surface area contributed by atoms with Crippen LogP contribution >= 0.6 is 0 Å². The Morgan fingerprint density at radius 3 is 1.67 bits per heavy atom. The maximum absolute atomic E-state index is 12.8. The Kier molecular flexibility index (Phi) is 4.89. The summed E-state index contributed by atoms with van der Waals surface area (Å²) in [4.78, 5) is 12.8. The number of Topliss-reactive ketones (excluding diaryl/α,β-unsaturated/α-hetero) is 1. The number of ketones is 1. The second kappa shape index (κ2) is 7.25. The van der Waals surface area contributed by atoms with Crippen molar-refractivity contribution in [3.63, 3.8) is 0 Å². The smallest absolute Gasteiger partial charge is 0.206 e. The van der Waals surface area contributed by atoms with Crippen LogP contribution in [0.15, 0.2) is 83.5 Å². The number of rotatable bonds is 6. The zero-order valence-electron chi connectivity index (χ0n) is 12.9. The molecule has 4 nitrogen and oxygen atoms in total. The van der Waals surface area contributed by atoms with Crippen molar-refractivity contribution in [1.82, 2.24) is 0 Å². The molecular weight excluding hydrogens is 304 g/mol. The van der Waals surface area contributed by atoms with Crippen molar-refractivity contribution < 1.29 is 19.4 Å². The molecule has 1 heterocycles. The van der Waals surface area contributed by atoms with E-state index in [0.717, 1.165) is 0 Å². The predicted octanol–water partition coefficient (Wildman–Crippen LogP) is 3.55. The van der Waals surface area contributed by atoms with Crippen LogP contribution in [0.3, 0.4) is 0 Å². The fraction of sp³-hybridized carbons (Fsp3) is 0.150. The van der Waals surface area contributed by atoms with Crippen LogP contribution in [0.4, 0.5) is 0 Å². The average Bonchev–Trinajstić information content (AvgIpc) is 3.18. The molecule has 0 unspecified atom stereocenters. The summed E-state index contributed by atoms with van der Waals surface area (Å²) in [5.41, 5.74) is 1.13. The molecular formula is C20H18O4. The van der Waals surface area contributed by atoms with Crippen LogP contribution in [0, 0.1) is 5.92 Å². The first-order valence-electron chi connectivity index (χ1n) is 7.72. The van der Waals surface area contributed by atoms with E-state index in [2.05, 4.69) is 0 Å². The van der Waals surface area contributed by atoms with Gasteiger partial charge in [0.1, 0.15) is 0 Å². The summed E-state index contributed by atoms with van der Waals surface area (Å²) in [6.07, 6.45) is -0.910. The van der Waals surface area contributed by atoms with Gasteiger partial charge in [0.15, 0.2) is 5.76 Å². The lowest BCUT2D eigenvalue weighted by molar-refractivity contribution is 0.0127. The molecule has 0 bridgehead atoms. The quantitative estimate of drug-likeness (QED) is 0.681. The zero-order valence-corrected chi connectivity index (χ0v) is 12.9. The molecule has 122 valence electrons. The van der Waals surface area contributed by atoms with E-state index >= 15 is 0 Å². The van der Waals surface area contributed by atoms with E-state index in [-0.39, 0.29) is 5.76 Å². The van der Waals surface area contributed by atoms with E-state index in [1.165, 1.54) is 12.3 Å². The minimum Gasteiger partial charge on any atom is -0.461 e. The average molecular weight is 322 g/mol. The summed E-state index contributed by atoms with van der Waals surface area (Å²) in [7, 11) is 0. The third-order valence-corrected chi connectivity index (χ3v) is 4.03. The number of carbonyl (C=O) groups excluding carboxylic acids is 1. The number of carbonyl (C=O) groups is 1. The van der Waals surface area contributed by atoms with E-state index in [4.69, 9.17) is 4.42 Å². The van der Waals surface area contributed by atoms with Crippen molar-refractivity contribution in [2.24, 2.45) is 5.92 Å². The van der Waals surface area contributed by atoms with Crippen LogP contribution in [0.1, 0.15) is 33.9 Å². The minimum absolute atomic E-state index is 0.116. The van der Waals surface area contributed by atoms with Crippen molar-refractivity contribution in [3.05, 3.63) is 95.9 Å². The standard InChI is InChI=1S/C20H18O4/c21-18(14-8-3-1-4-9-14)17(20(23)16-12-7-13-24-16)19(22)15-10-5-2-6-11-15/h1-13,17-19,21-22H/t18-,19-/m0/s1. The number of aliphatic hydroxyl groups is 2. The van der Waals surface area contributed by atoms with Gasteiger partial charge in [-0.05, 0) is 23.3 Å². The molecule has 0 radical (unpaired) electrons. The topological polar surface area (TPSA) is 70.7 Å². The van der Waals surface area contributed by atoms with Gasteiger partial charge in [-0.15, -0.1) is 0 Å². The first kappa shape index (κ1) is 16.2. The molecule has 0 aliphatic carbocycles. The van der Waals surface area contributed by atoms with Crippen LogP contribution in [0.5, 0.6) is 0 Å². The second-order valence-corrected chi connectivity index (χ2v) is 5.58. The molecule has 2 N–H and O–H groups in total. The van der Waals surface area contributed by atoms with Gasteiger partial charge in [-0.25, -0.2) is 0 Å². The number of hydrogen-bond acceptors (Lipinski definition) is 4. The maximum Gasteiger partial charge on any atom is 0.206 e. The van der Waals surface area contributed by atoms with Crippen molar-refractivity contribution in [1.29, 1.82) is 0 Å². The Bertz CT molecular complexity index is 720. The molecule has 0 fully saturated rings. The molecule has 0 amide bonds. The van der Waals surface area contributed by atoms with Gasteiger partial charge >= 0.3 is 0 Å². The molecule has 0 saturated carbocycles. The summed E-state index contributed by atoms with van der Waals surface area (Å²) in [5.74, 6) is -1.39. The van der Waals surface area contributed by atoms with E-state index < -0.39 is 23.9 Å². The Hall–Kier alpha value is -2.69. The highest BCUT2D eigenvalue weighted by Gasteiger charge is 2.37. The van der Waals surface area contributed by atoms with Gasteiger partial charge in [0.2, 0.25) is 5.78 Å². The lowest BCUT2D eigenvalue weighted by atomic mass is 9.83. The Morgan fingerprint density at radius 2 is 1.25 bits per heavy atom. The van der Waals surface area contributed by atoms with E-state index in [1.807, 2.05) is 12.1 Å². The van der Waals surface area contributed by atoms with Crippen molar-refractivity contribution in [2.45, 2.75) is 12.2 Å². The highest BCUT2D eigenvalue weighted by Crippen LogP contribution is 2.35. The van der Waals surface area contributed by atoms with Gasteiger partial charge in [0, 0.05) is 0 Å². The van der Waals surface area contributed by atoms with Gasteiger partial charge in [0.05, 0.1) is 24.4 Å². The highest BCUT2D eigenvalue weighted by molar-refractivity contribution is 5.96. The molecule has 0 aliphatic rings.